The van der Waals surface area contributed by atoms with Gasteiger partial charge >= 0.3 is 0 Å². The number of nitrogens with zero attached hydrogens (tertiary/aromatic N) is 2. The maximum atomic E-state index is 12.3. The largest absolute Gasteiger partial charge is 0.484 e. The minimum atomic E-state index is -0.353. The molecule has 1 aromatic heterocycles. The number of aromatic nitrogens is 1. The average molecular weight is 396 g/mol. The molecule has 1 saturated heterocycles. The fourth-order valence-electron chi connectivity index (χ4n) is 3.07. The van der Waals surface area contributed by atoms with Crippen LogP contribution >= 0.6 is 0 Å². The molecule has 3 amide bonds. The van der Waals surface area contributed by atoms with Gasteiger partial charge in [0.1, 0.15) is 5.75 Å². The van der Waals surface area contributed by atoms with Gasteiger partial charge in [0.05, 0.1) is 6.54 Å². The van der Waals surface area contributed by atoms with Crippen LogP contribution in [0, 0.1) is 5.92 Å². The summed E-state index contributed by atoms with van der Waals surface area (Å²) in [6.45, 7) is 0.757. The van der Waals surface area contributed by atoms with E-state index in [4.69, 9.17) is 4.74 Å². The predicted molar refractivity (Wildman–Crippen MR) is 107 cm³/mol. The molecule has 2 N–H and O–H groups in total. The van der Waals surface area contributed by atoms with Crippen molar-refractivity contribution in [3.8, 4) is 5.75 Å². The maximum absolute atomic E-state index is 12.3. The summed E-state index contributed by atoms with van der Waals surface area (Å²) >= 11 is 0. The number of ether oxygens (including phenoxy) is 1. The number of pyridine rings is 1. The van der Waals surface area contributed by atoms with E-state index in [1.807, 2.05) is 18.2 Å². The molecule has 8 heteroatoms. The van der Waals surface area contributed by atoms with Gasteiger partial charge < -0.3 is 20.3 Å². The number of hydrogen-bond donors (Lipinski definition) is 2. The number of para-hydroxylation sites is 1. The number of benzene rings is 1. The van der Waals surface area contributed by atoms with Crippen molar-refractivity contribution in [2.45, 2.75) is 12.8 Å². The third kappa shape index (κ3) is 6.31. The van der Waals surface area contributed by atoms with E-state index in [1.165, 1.54) is 0 Å². The third-order valence-electron chi connectivity index (χ3n) is 4.72. The first-order valence-electron chi connectivity index (χ1n) is 9.55. The normalized spacial score (nSPS) is 14.1. The molecule has 0 spiro atoms. The molecule has 0 radical (unpaired) electrons. The Morgan fingerprint density at radius 3 is 2.41 bits per heavy atom. The first kappa shape index (κ1) is 20.3. The van der Waals surface area contributed by atoms with E-state index >= 15 is 0 Å². The molecule has 0 aliphatic carbocycles. The minimum Gasteiger partial charge on any atom is -0.484 e. The van der Waals surface area contributed by atoms with E-state index in [0.29, 0.717) is 37.4 Å². The summed E-state index contributed by atoms with van der Waals surface area (Å²) in [6, 6.07) is 12.5. The van der Waals surface area contributed by atoms with E-state index < -0.39 is 0 Å². The van der Waals surface area contributed by atoms with Crippen LogP contribution in [0.1, 0.15) is 12.8 Å². The Bertz CT molecular complexity index is 821. The lowest BCUT2D eigenvalue weighted by molar-refractivity contribution is -0.135. The zero-order valence-electron chi connectivity index (χ0n) is 16.0. The van der Waals surface area contributed by atoms with Gasteiger partial charge in [0.25, 0.3) is 5.91 Å². The van der Waals surface area contributed by atoms with Crippen LogP contribution in [-0.2, 0) is 14.4 Å². The lowest BCUT2D eigenvalue weighted by Crippen LogP contribution is -2.46. The Morgan fingerprint density at radius 2 is 1.72 bits per heavy atom. The van der Waals surface area contributed by atoms with Gasteiger partial charge in [-0.2, -0.15) is 0 Å². The van der Waals surface area contributed by atoms with Crippen LogP contribution in [0.25, 0.3) is 0 Å². The Balaban J connectivity index is 1.35. The second-order valence-corrected chi connectivity index (χ2v) is 6.76. The molecule has 1 fully saturated rings. The average Bonchev–Trinajstić information content (AvgIpc) is 2.77. The van der Waals surface area contributed by atoms with Crippen LogP contribution in [0.5, 0.6) is 5.75 Å². The molecule has 0 bridgehead atoms. The topological polar surface area (TPSA) is 101 Å². The Morgan fingerprint density at radius 1 is 1.03 bits per heavy atom. The highest BCUT2D eigenvalue weighted by molar-refractivity contribution is 5.92. The molecule has 0 saturated carbocycles. The minimum absolute atomic E-state index is 0.0466. The molecule has 1 aliphatic rings. The molecule has 29 heavy (non-hydrogen) atoms. The van der Waals surface area contributed by atoms with Crippen LogP contribution in [0.2, 0.25) is 0 Å². The predicted octanol–water partition coefficient (Wildman–Crippen LogP) is 1.45. The van der Waals surface area contributed by atoms with Gasteiger partial charge in [-0.15, -0.1) is 0 Å². The number of piperidine rings is 1. The van der Waals surface area contributed by atoms with Crippen LogP contribution < -0.4 is 15.4 Å². The van der Waals surface area contributed by atoms with Gasteiger partial charge in [-0.05, 0) is 37.1 Å². The molecule has 1 aromatic carbocycles. The van der Waals surface area contributed by atoms with Crippen molar-refractivity contribution in [2.75, 3.05) is 31.6 Å². The molecule has 152 valence electrons. The van der Waals surface area contributed by atoms with Gasteiger partial charge in [-0.3, -0.25) is 19.4 Å². The quantitative estimate of drug-likeness (QED) is 0.738. The monoisotopic (exact) mass is 396 g/mol. The van der Waals surface area contributed by atoms with Crippen molar-refractivity contribution in [3.63, 3.8) is 0 Å². The molecule has 0 unspecified atom stereocenters. The SMILES string of the molecule is O=C(COc1ccccc1)NCC(=O)N1CCC(C(=O)Nc2ccncc2)CC1. The highest BCUT2D eigenvalue weighted by Gasteiger charge is 2.27. The zero-order chi connectivity index (χ0) is 20.5. The molecule has 8 nitrogen and oxygen atoms in total. The first-order chi connectivity index (χ1) is 14.1. The molecular formula is C21H24N4O4. The summed E-state index contributed by atoms with van der Waals surface area (Å²) in [5.41, 5.74) is 0.712. The van der Waals surface area contributed by atoms with Crippen molar-refractivity contribution in [1.82, 2.24) is 15.2 Å². The first-order valence-corrected chi connectivity index (χ1v) is 9.55. The van der Waals surface area contributed by atoms with Gasteiger partial charge in [0, 0.05) is 37.1 Å². The highest BCUT2D eigenvalue weighted by Crippen LogP contribution is 2.19. The van der Waals surface area contributed by atoms with Crippen LogP contribution in [0.15, 0.2) is 54.9 Å². The van der Waals surface area contributed by atoms with Gasteiger partial charge in [0.2, 0.25) is 11.8 Å². The van der Waals surface area contributed by atoms with E-state index in [-0.39, 0.29) is 36.8 Å². The van der Waals surface area contributed by atoms with Gasteiger partial charge in [0.15, 0.2) is 6.61 Å². The van der Waals surface area contributed by atoms with Gasteiger partial charge in [-0.25, -0.2) is 0 Å². The maximum Gasteiger partial charge on any atom is 0.258 e. The smallest absolute Gasteiger partial charge is 0.258 e. The Kier molecular flexibility index (Phi) is 7.16. The van der Waals surface area contributed by atoms with Crippen molar-refractivity contribution >= 4 is 23.4 Å². The van der Waals surface area contributed by atoms with Crippen molar-refractivity contribution in [1.29, 1.82) is 0 Å². The molecule has 1 aliphatic heterocycles. The number of anilines is 1. The number of carbonyl (C=O) groups is 3. The summed E-state index contributed by atoms with van der Waals surface area (Å²) < 4.78 is 5.35. The Labute approximate surface area is 169 Å². The van der Waals surface area contributed by atoms with Crippen molar-refractivity contribution < 1.29 is 19.1 Å². The van der Waals surface area contributed by atoms with E-state index in [1.54, 1.807) is 41.6 Å². The summed E-state index contributed by atoms with van der Waals surface area (Å²) in [4.78, 5) is 42.1. The summed E-state index contributed by atoms with van der Waals surface area (Å²) in [5.74, 6) is -0.100. The van der Waals surface area contributed by atoms with Gasteiger partial charge in [-0.1, -0.05) is 18.2 Å². The van der Waals surface area contributed by atoms with E-state index in [0.717, 1.165) is 0 Å². The van der Waals surface area contributed by atoms with Crippen molar-refractivity contribution in [3.05, 3.63) is 54.9 Å². The number of carbonyl (C=O) groups excluding carboxylic acids is 3. The number of hydrogen-bond acceptors (Lipinski definition) is 5. The lowest BCUT2D eigenvalue weighted by atomic mass is 9.95. The molecule has 3 rings (SSSR count). The second-order valence-electron chi connectivity index (χ2n) is 6.76. The number of nitrogens with one attached hydrogen (secondary N) is 2. The van der Waals surface area contributed by atoms with Crippen LogP contribution in [0.3, 0.4) is 0 Å². The standard InChI is InChI=1S/C21H24N4O4/c26-19(15-29-18-4-2-1-3-5-18)23-14-20(27)25-12-8-16(9-13-25)21(28)24-17-6-10-22-11-7-17/h1-7,10-11,16H,8-9,12-15H2,(H,23,26)(H,22,24,28). The summed E-state index contributed by atoms with van der Waals surface area (Å²) in [5, 5.41) is 5.45. The Hall–Kier alpha value is -3.42. The number of rotatable bonds is 7. The lowest BCUT2D eigenvalue weighted by Gasteiger charge is -2.31. The van der Waals surface area contributed by atoms with Crippen LogP contribution in [0.4, 0.5) is 5.69 Å². The van der Waals surface area contributed by atoms with Crippen molar-refractivity contribution in [2.24, 2.45) is 5.92 Å². The zero-order valence-corrected chi connectivity index (χ0v) is 16.0. The van der Waals surface area contributed by atoms with Crippen LogP contribution in [-0.4, -0.2) is 53.8 Å². The second kappa shape index (κ2) is 10.2. The molecule has 2 heterocycles. The number of likely N-dealkylation sites (tertiary alicyclic amines) is 1. The fraction of sp³-hybridized carbons (Fsp3) is 0.333. The molecule has 2 aromatic rings. The number of amides is 3. The molecule has 0 atom stereocenters. The summed E-state index contributed by atoms with van der Waals surface area (Å²) in [7, 11) is 0. The highest BCUT2D eigenvalue weighted by atomic mass is 16.5. The fourth-order valence-corrected chi connectivity index (χ4v) is 3.07. The molecular weight excluding hydrogens is 372 g/mol. The summed E-state index contributed by atoms with van der Waals surface area (Å²) in [6.07, 6.45) is 4.42. The van der Waals surface area contributed by atoms with E-state index in [9.17, 15) is 14.4 Å². The van der Waals surface area contributed by atoms with E-state index in [2.05, 4.69) is 15.6 Å². The third-order valence-corrected chi connectivity index (χ3v) is 4.72.